The van der Waals surface area contributed by atoms with Crippen molar-refractivity contribution >= 4 is 23.6 Å². The molecule has 0 aliphatic carbocycles. The molecule has 2 fully saturated rings. The van der Waals surface area contributed by atoms with Gasteiger partial charge in [0.2, 0.25) is 0 Å². The van der Waals surface area contributed by atoms with Gasteiger partial charge in [-0.1, -0.05) is 18.2 Å². The molecular formula is C23H33N3O4. The molecule has 7 nitrogen and oxygen atoms in total. The van der Waals surface area contributed by atoms with Crippen LogP contribution in [0.2, 0.25) is 0 Å². The molecule has 7 heteroatoms. The van der Waals surface area contributed by atoms with Crippen molar-refractivity contribution in [1.29, 1.82) is 0 Å². The minimum atomic E-state index is -0.480. The van der Waals surface area contributed by atoms with Crippen LogP contribution in [0.4, 0.5) is 10.5 Å². The highest BCUT2D eigenvalue weighted by Gasteiger charge is 2.24. The summed E-state index contributed by atoms with van der Waals surface area (Å²) in [5.74, 6) is -0.00849. The molecule has 1 atom stereocenters. The van der Waals surface area contributed by atoms with Gasteiger partial charge in [-0.2, -0.15) is 0 Å². The van der Waals surface area contributed by atoms with Gasteiger partial charge in [-0.3, -0.25) is 4.79 Å². The average molecular weight is 416 g/mol. The maximum absolute atomic E-state index is 12.2. The Balaban J connectivity index is 1.46. The average Bonchev–Trinajstić information content (AvgIpc) is 2.72. The van der Waals surface area contributed by atoms with Crippen molar-refractivity contribution in [2.45, 2.75) is 51.4 Å². The third-order valence-corrected chi connectivity index (χ3v) is 5.16. The summed E-state index contributed by atoms with van der Waals surface area (Å²) in [7, 11) is 0. The molecule has 1 unspecified atom stereocenters. The van der Waals surface area contributed by atoms with Crippen LogP contribution in [0.3, 0.4) is 0 Å². The molecule has 2 saturated heterocycles. The first-order valence-corrected chi connectivity index (χ1v) is 10.7. The highest BCUT2D eigenvalue weighted by atomic mass is 16.6. The number of ketones is 1. The summed E-state index contributed by atoms with van der Waals surface area (Å²) in [5.41, 5.74) is 1.65. The van der Waals surface area contributed by atoms with E-state index in [2.05, 4.69) is 27.7 Å². The van der Waals surface area contributed by atoms with Crippen LogP contribution in [0.25, 0.3) is 6.08 Å². The van der Waals surface area contributed by atoms with E-state index in [1.165, 1.54) is 0 Å². The lowest BCUT2D eigenvalue weighted by atomic mass is 10.0. The Morgan fingerprint density at radius 2 is 1.90 bits per heavy atom. The fraction of sp³-hybridized carbons (Fsp3) is 0.565. The van der Waals surface area contributed by atoms with E-state index < -0.39 is 5.60 Å². The quantitative estimate of drug-likeness (QED) is 0.720. The molecule has 0 saturated carbocycles. The van der Waals surface area contributed by atoms with Crippen LogP contribution in [-0.2, 0) is 14.3 Å². The number of nitrogens with zero attached hydrogens (tertiary/aromatic N) is 1. The molecule has 2 heterocycles. The van der Waals surface area contributed by atoms with Gasteiger partial charge in [-0.15, -0.1) is 0 Å². The standard InChI is InChI=1S/C23H33N3O4/c1-23(2,3)30-22(28)25-18-10-13-26(14-11-18)19-7-4-17(5-8-19)6-9-20(27)21-16-24-12-15-29-21/h4-9,18,21,24H,10-16H2,1-3H3,(H,25,28). The summed E-state index contributed by atoms with van der Waals surface area (Å²) in [6.45, 7) is 9.29. The summed E-state index contributed by atoms with van der Waals surface area (Å²) in [6.07, 6.45) is 4.46. The molecular weight excluding hydrogens is 382 g/mol. The van der Waals surface area contributed by atoms with Crippen molar-refractivity contribution in [1.82, 2.24) is 10.6 Å². The molecule has 0 aromatic heterocycles. The van der Waals surface area contributed by atoms with E-state index in [0.717, 1.165) is 43.7 Å². The number of benzene rings is 1. The third kappa shape index (κ3) is 6.85. The molecule has 0 radical (unpaired) electrons. The number of anilines is 1. The van der Waals surface area contributed by atoms with Gasteiger partial charge in [0.05, 0.1) is 6.61 Å². The summed E-state index contributed by atoms with van der Waals surface area (Å²) >= 11 is 0. The minimum absolute atomic E-state index is 0.00849. The zero-order valence-corrected chi connectivity index (χ0v) is 18.1. The number of alkyl carbamates (subject to hydrolysis) is 1. The van der Waals surface area contributed by atoms with Crippen molar-refractivity contribution < 1.29 is 19.1 Å². The van der Waals surface area contributed by atoms with Crippen LogP contribution < -0.4 is 15.5 Å². The Hall–Kier alpha value is -2.38. The summed E-state index contributed by atoms with van der Waals surface area (Å²) < 4.78 is 10.8. The second-order valence-electron chi connectivity index (χ2n) is 8.80. The fourth-order valence-electron chi connectivity index (χ4n) is 3.59. The Morgan fingerprint density at radius 1 is 1.20 bits per heavy atom. The van der Waals surface area contributed by atoms with Crippen molar-refractivity contribution in [2.24, 2.45) is 0 Å². The van der Waals surface area contributed by atoms with Crippen LogP contribution in [-0.4, -0.2) is 62.4 Å². The largest absolute Gasteiger partial charge is 0.444 e. The van der Waals surface area contributed by atoms with Gasteiger partial charge in [0.15, 0.2) is 5.78 Å². The molecule has 1 aromatic carbocycles. The normalized spacial score (nSPS) is 20.9. The number of piperidine rings is 1. The van der Waals surface area contributed by atoms with Crippen LogP contribution >= 0.6 is 0 Å². The summed E-state index contributed by atoms with van der Waals surface area (Å²) in [6, 6.07) is 8.32. The monoisotopic (exact) mass is 415 g/mol. The summed E-state index contributed by atoms with van der Waals surface area (Å²) in [4.78, 5) is 26.4. The Labute approximate surface area is 178 Å². The molecule has 1 aromatic rings. The van der Waals surface area contributed by atoms with Crippen molar-refractivity contribution in [2.75, 3.05) is 37.7 Å². The predicted octanol–water partition coefficient (Wildman–Crippen LogP) is 2.75. The number of carbonyl (C=O) groups excluding carboxylic acids is 2. The van der Waals surface area contributed by atoms with Crippen molar-refractivity contribution in [3.8, 4) is 0 Å². The van der Waals surface area contributed by atoms with Gasteiger partial charge in [0.25, 0.3) is 0 Å². The zero-order chi connectivity index (χ0) is 21.6. The number of ether oxygens (including phenoxy) is 2. The van der Waals surface area contributed by atoms with E-state index in [1.807, 2.05) is 39.0 Å². The number of amides is 1. The highest BCUT2D eigenvalue weighted by Crippen LogP contribution is 2.21. The SMILES string of the molecule is CC(C)(C)OC(=O)NC1CCN(c2ccc(C=CC(=O)C3CNCCO3)cc2)CC1. The summed E-state index contributed by atoms with van der Waals surface area (Å²) in [5, 5.41) is 6.13. The number of hydrogen-bond acceptors (Lipinski definition) is 6. The van der Waals surface area contributed by atoms with Crippen LogP contribution in [0.5, 0.6) is 0 Å². The smallest absolute Gasteiger partial charge is 0.407 e. The second-order valence-corrected chi connectivity index (χ2v) is 8.80. The molecule has 3 rings (SSSR count). The first kappa shape index (κ1) is 22.3. The number of nitrogens with one attached hydrogen (secondary N) is 2. The lowest BCUT2D eigenvalue weighted by Crippen LogP contribution is -2.46. The third-order valence-electron chi connectivity index (χ3n) is 5.16. The zero-order valence-electron chi connectivity index (χ0n) is 18.1. The van der Waals surface area contributed by atoms with E-state index in [0.29, 0.717) is 13.2 Å². The van der Waals surface area contributed by atoms with Gasteiger partial charge >= 0.3 is 6.09 Å². The molecule has 30 heavy (non-hydrogen) atoms. The van der Waals surface area contributed by atoms with Gasteiger partial charge in [0.1, 0.15) is 11.7 Å². The Kier molecular flexibility index (Phi) is 7.50. The van der Waals surface area contributed by atoms with Crippen LogP contribution in [0, 0.1) is 0 Å². The topological polar surface area (TPSA) is 79.9 Å². The molecule has 1 amide bonds. The van der Waals surface area contributed by atoms with Gasteiger partial charge in [-0.05, 0) is 57.4 Å². The molecule has 164 valence electrons. The van der Waals surface area contributed by atoms with Gasteiger partial charge in [-0.25, -0.2) is 4.79 Å². The minimum Gasteiger partial charge on any atom is -0.444 e. The number of hydrogen-bond donors (Lipinski definition) is 2. The number of rotatable bonds is 5. The molecule has 0 bridgehead atoms. The molecule has 0 spiro atoms. The van der Waals surface area contributed by atoms with Crippen LogP contribution in [0.15, 0.2) is 30.3 Å². The maximum Gasteiger partial charge on any atom is 0.407 e. The number of carbonyl (C=O) groups is 2. The first-order valence-electron chi connectivity index (χ1n) is 10.7. The molecule has 2 aliphatic rings. The molecule has 2 aliphatic heterocycles. The van der Waals surface area contributed by atoms with Crippen molar-refractivity contribution in [3.63, 3.8) is 0 Å². The van der Waals surface area contributed by atoms with E-state index >= 15 is 0 Å². The van der Waals surface area contributed by atoms with E-state index in [-0.39, 0.29) is 24.0 Å². The van der Waals surface area contributed by atoms with Gasteiger partial charge < -0.3 is 25.0 Å². The van der Waals surface area contributed by atoms with E-state index in [4.69, 9.17) is 9.47 Å². The lowest BCUT2D eigenvalue weighted by molar-refractivity contribution is -0.126. The lowest BCUT2D eigenvalue weighted by Gasteiger charge is -2.34. The maximum atomic E-state index is 12.2. The number of morpholine rings is 1. The predicted molar refractivity (Wildman–Crippen MR) is 118 cm³/mol. The second kappa shape index (κ2) is 10.1. The van der Waals surface area contributed by atoms with Gasteiger partial charge in [0, 0.05) is 37.9 Å². The highest BCUT2D eigenvalue weighted by molar-refractivity contribution is 5.97. The van der Waals surface area contributed by atoms with E-state index in [9.17, 15) is 9.59 Å². The van der Waals surface area contributed by atoms with E-state index in [1.54, 1.807) is 6.08 Å². The fourth-order valence-corrected chi connectivity index (χ4v) is 3.59. The van der Waals surface area contributed by atoms with Crippen molar-refractivity contribution in [3.05, 3.63) is 35.9 Å². The Bertz CT molecular complexity index is 741. The Morgan fingerprint density at radius 3 is 2.50 bits per heavy atom. The first-order chi connectivity index (χ1) is 14.3. The molecule has 2 N–H and O–H groups in total. The van der Waals surface area contributed by atoms with Crippen LogP contribution in [0.1, 0.15) is 39.2 Å².